The number of carbonyl (C=O) groups is 1. The molecule has 0 amide bonds. The number of benzene rings is 1. The topological polar surface area (TPSA) is 88.9 Å². The van der Waals surface area contributed by atoms with Gasteiger partial charge < -0.3 is 19.7 Å². The number of thiazole rings is 1. The highest BCUT2D eigenvalue weighted by Crippen LogP contribution is 2.40. The summed E-state index contributed by atoms with van der Waals surface area (Å²) in [5, 5.41) is 22.1. The lowest BCUT2D eigenvalue weighted by Crippen LogP contribution is -2.20. The van der Waals surface area contributed by atoms with Crippen molar-refractivity contribution in [2.24, 2.45) is 5.92 Å². The van der Waals surface area contributed by atoms with Crippen LogP contribution in [0.25, 0.3) is 0 Å². The molecule has 0 radical (unpaired) electrons. The summed E-state index contributed by atoms with van der Waals surface area (Å²) in [5.41, 5.74) is 2.91. The first kappa shape index (κ1) is 24.2. The molecule has 1 aromatic heterocycles. The lowest BCUT2D eigenvalue weighted by molar-refractivity contribution is -0.0205. The molecular formula is C26H35NO5S. The Labute approximate surface area is 200 Å². The molecule has 0 bridgehead atoms. The third-order valence-corrected chi connectivity index (χ3v) is 7.98. The lowest BCUT2D eigenvalue weighted by Gasteiger charge is -2.28. The summed E-state index contributed by atoms with van der Waals surface area (Å²) >= 11 is 1.33. The van der Waals surface area contributed by atoms with E-state index < -0.39 is 12.1 Å². The fourth-order valence-electron chi connectivity index (χ4n) is 4.91. The Kier molecular flexibility index (Phi) is 8.04. The van der Waals surface area contributed by atoms with Crippen LogP contribution in [0.3, 0.4) is 0 Å². The molecule has 7 heteroatoms. The summed E-state index contributed by atoms with van der Waals surface area (Å²) in [5.74, 6) is 0.551. The summed E-state index contributed by atoms with van der Waals surface area (Å²) in [4.78, 5) is 15.4. The van der Waals surface area contributed by atoms with Gasteiger partial charge in [0.1, 0.15) is 16.9 Å². The molecule has 0 aliphatic heterocycles. The third kappa shape index (κ3) is 5.76. The van der Waals surface area contributed by atoms with Gasteiger partial charge in [-0.25, -0.2) is 9.78 Å². The van der Waals surface area contributed by atoms with E-state index >= 15 is 0 Å². The predicted octanol–water partition coefficient (Wildman–Crippen LogP) is 5.75. The Bertz CT molecular complexity index is 941. The quantitative estimate of drug-likeness (QED) is 0.432. The van der Waals surface area contributed by atoms with Crippen LogP contribution in [0.5, 0.6) is 5.75 Å². The van der Waals surface area contributed by atoms with Gasteiger partial charge in [0.05, 0.1) is 18.8 Å². The van der Waals surface area contributed by atoms with Gasteiger partial charge in [-0.3, -0.25) is 0 Å². The molecule has 4 rings (SSSR count). The van der Waals surface area contributed by atoms with Crippen LogP contribution in [0.2, 0.25) is 0 Å². The van der Waals surface area contributed by atoms with Crippen molar-refractivity contribution in [3.63, 3.8) is 0 Å². The second kappa shape index (κ2) is 11.0. The van der Waals surface area contributed by atoms with E-state index in [0.29, 0.717) is 24.0 Å². The molecule has 6 nitrogen and oxygen atoms in total. The van der Waals surface area contributed by atoms with E-state index in [4.69, 9.17) is 14.6 Å². The molecule has 2 N–H and O–H groups in total. The molecule has 33 heavy (non-hydrogen) atoms. The number of rotatable bonds is 11. The number of aliphatic hydroxyl groups excluding tert-OH is 1. The van der Waals surface area contributed by atoms with E-state index in [0.717, 1.165) is 31.4 Å². The Morgan fingerprint density at radius 1 is 1.27 bits per heavy atom. The third-order valence-electron chi connectivity index (χ3n) is 7.05. The first-order chi connectivity index (χ1) is 16.0. The van der Waals surface area contributed by atoms with Crippen molar-refractivity contribution in [2.75, 3.05) is 6.61 Å². The molecule has 2 fully saturated rings. The maximum Gasteiger partial charge on any atom is 0.355 e. The number of carboxylic acid groups (broad SMARTS) is 1. The first-order valence-corrected chi connectivity index (χ1v) is 13.1. The Morgan fingerprint density at radius 3 is 2.73 bits per heavy atom. The molecule has 0 saturated heterocycles. The van der Waals surface area contributed by atoms with Crippen molar-refractivity contribution < 1.29 is 24.5 Å². The van der Waals surface area contributed by atoms with E-state index in [2.05, 4.69) is 37.0 Å². The predicted molar refractivity (Wildman–Crippen MR) is 128 cm³/mol. The van der Waals surface area contributed by atoms with Crippen LogP contribution >= 0.6 is 11.3 Å². The SMILES string of the molecule is CCC[C@@H](O[C@@H]1C[C@@H](COc2ccc(CC)c(C3CCC3)c2)[C@@H](O)C1)c1nc(C(=O)O)cs1. The van der Waals surface area contributed by atoms with Gasteiger partial charge in [-0.1, -0.05) is 32.8 Å². The van der Waals surface area contributed by atoms with Gasteiger partial charge in [0.2, 0.25) is 0 Å². The minimum absolute atomic E-state index is 0.0150. The summed E-state index contributed by atoms with van der Waals surface area (Å²) in [6.07, 6.45) is 7.06. The van der Waals surface area contributed by atoms with Crippen LogP contribution in [-0.2, 0) is 11.2 Å². The number of aryl methyl sites for hydroxylation is 1. The van der Waals surface area contributed by atoms with Crippen LogP contribution in [0.4, 0.5) is 0 Å². The van der Waals surface area contributed by atoms with Crippen LogP contribution in [-0.4, -0.2) is 40.0 Å². The van der Waals surface area contributed by atoms with Gasteiger partial charge in [0.15, 0.2) is 5.69 Å². The number of ether oxygens (including phenoxy) is 2. The number of hydrogen-bond donors (Lipinski definition) is 2. The fourth-order valence-corrected chi connectivity index (χ4v) is 5.77. The Hall–Kier alpha value is -1.96. The van der Waals surface area contributed by atoms with Gasteiger partial charge in [0, 0.05) is 11.3 Å². The Balaban J connectivity index is 1.34. The van der Waals surface area contributed by atoms with Crippen molar-refractivity contribution in [2.45, 2.75) is 89.4 Å². The monoisotopic (exact) mass is 473 g/mol. The summed E-state index contributed by atoms with van der Waals surface area (Å²) < 4.78 is 12.5. The smallest absolute Gasteiger partial charge is 0.355 e. The van der Waals surface area contributed by atoms with E-state index in [1.165, 1.54) is 41.7 Å². The second-order valence-electron chi connectivity index (χ2n) is 9.36. The zero-order chi connectivity index (χ0) is 23.4. The van der Waals surface area contributed by atoms with Crippen LogP contribution in [0, 0.1) is 5.92 Å². The second-order valence-corrected chi connectivity index (χ2v) is 10.3. The molecule has 2 saturated carbocycles. The minimum Gasteiger partial charge on any atom is -0.493 e. The normalized spacial score (nSPS) is 23.9. The van der Waals surface area contributed by atoms with Gasteiger partial charge in [-0.05, 0) is 67.7 Å². The fraction of sp³-hybridized carbons (Fsp3) is 0.615. The van der Waals surface area contributed by atoms with Crippen molar-refractivity contribution in [3.05, 3.63) is 45.4 Å². The van der Waals surface area contributed by atoms with Gasteiger partial charge in [0.25, 0.3) is 0 Å². The molecule has 180 valence electrons. The molecule has 2 aromatic rings. The highest BCUT2D eigenvalue weighted by molar-refractivity contribution is 7.09. The zero-order valence-electron chi connectivity index (χ0n) is 19.5. The van der Waals surface area contributed by atoms with Crippen molar-refractivity contribution in [1.29, 1.82) is 0 Å². The van der Waals surface area contributed by atoms with Crippen LogP contribution in [0.1, 0.15) is 97.4 Å². The van der Waals surface area contributed by atoms with Gasteiger partial charge in [-0.15, -0.1) is 11.3 Å². The lowest BCUT2D eigenvalue weighted by atomic mass is 9.78. The summed E-state index contributed by atoms with van der Waals surface area (Å²) in [6.45, 7) is 4.74. The number of aromatic nitrogens is 1. The molecule has 1 heterocycles. The summed E-state index contributed by atoms with van der Waals surface area (Å²) in [6, 6.07) is 6.45. The number of carboxylic acids is 1. The minimum atomic E-state index is -1.02. The number of aliphatic hydroxyl groups is 1. The van der Waals surface area contributed by atoms with E-state index in [9.17, 15) is 9.90 Å². The molecular weight excluding hydrogens is 438 g/mol. The van der Waals surface area contributed by atoms with Crippen LogP contribution < -0.4 is 4.74 Å². The highest BCUT2D eigenvalue weighted by atomic mass is 32.1. The van der Waals surface area contributed by atoms with Crippen molar-refractivity contribution >= 4 is 17.3 Å². The molecule has 2 aliphatic rings. The van der Waals surface area contributed by atoms with Crippen LogP contribution in [0.15, 0.2) is 23.6 Å². The van der Waals surface area contributed by atoms with E-state index in [1.54, 1.807) is 5.38 Å². The maximum absolute atomic E-state index is 11.2. The standard InChI is InChI=1S/C26H35NO5S/c1-3-6-24(25-27-22(15-33-25)26(29)30)32-20-11-18(23(28)13-20)14-31-19-10-9-16(4-2)21(12-19)17-7-5-8-17/h9-10,12,15,17-18,20,23-24,28H,3-8,11,13-14H2,1-2H3,(H,29,30)/t18-,20+,23-,24+/m0/s1. The molecule has 4 atom stereocenters. The largest absolute Gasteiger partial charge is 0.493 e. The molecule has 1 aromatic carbocycles. The highest BCUT2D eigenvalue weighted by Gasteiger charge is 2.36. The van der Waals surface area contributed by atoms with Gasteiger partial charge in [-0.2, -0.15) is 0 Å². The Morgan fingerprint density at radius 2 is 2.09 bits per heavy atom. The number of nitrogens with zero attached hydrogens (tertiary/aromatic N) is 1. The first-order valence-electron chi connectivity index (χ1n) is 12.3. The average molecular weight is 474 g/mol. The van der Waals surface area contributed by atoms with Crippen molar-refractivity contribution in [3.8, 4) is 5.75 Å². The van der Waals surface area contributed by atoms with Crippen molar-refractivity contribution in [1.82, 2.24) is 4.98 Å². The molecule has 0 unspecified atom stereocenters. The average Bonchev–Trinajstić information content (AvgIpc) is 3.38. The van der Waals surface area contributed by atoms with E-state index in [1.807, 2.05) is 0 Å². The maximum atomic E-state index is 11.2. The number of hydrogen-bond acceptors (Lipinski definition) is 6. The van der Waals surface area contributed by atoms with E-state index in [-0.39, 0.29) is 23.8 Å². The zero-order valence-corrected chi connectivity index (χ0v) is 20.4. The number of aromatic carboxylic acids is 1. The molecule has 0 spiro atoms. The summed E-state index contributed by atoms with van der Waals surface area (Å²) in [7, 11) is 0. The molecule has 2 aliphatic carbocycles. The van der Waals surface area contributed by atoms with Gasteiger partial charge >= 0.3 is 5.97 Å².